The summed E-state index contributed by atoms with van der Waals surface area (Å²) in [6.45, 7) is 10.7. The van der Waals surface area contributed by atoms with Gasteiger partial charge >= 0.3 is 0 Å². The van der Waals surface area contributed by atoms with Crippen LogP contribution in [0, 0.1) is 17.3 Å². The third kappa shape index (κ3) is 5.84. The number of hydrogen-bond acceptors (Lipinski definition) is 3. The third-order valence-corrected chi connectivity index (χ3v) is 5.32. The normalized spacial score (nSPS) is 12.8. The molecule has 1 atom stereocenters. The molecule has 0 aliphatic rings. The molecule has 0 N–H and O–H groups in total. The summed E-state index contributed by atoms with van der Waals surface area (Å²) in [4.78, 5) is 26.1. The van der Waals surface area contributed by atoms with E-state index in [2.05, 4.69) is 34.6 Å². The summed E-state index contributed by atoms with van der Waals surface area (Å²) in [5.74, 6) is 0.347. The summed E-state index contributed by atoms with van der Waals surface area (Å²) in [6.07, 6.45) is 0.876. The Morgan fingerprint density at radius 1 is 0.885 bits per heavy atom. The minimum absolute atomic E-state index is 0.00117. The van der Waals surface area contributed by atoms with Crippen LogP contribution in [-0.4, -0.2) is 10.9 Å². The molecule has 2 nitrogen and oxygen atoms in total. The Bertz CT molecular complexity index is 740. The molecule has 0 radical (unpaired) electrons. The fourth-order valence-electron chi connectivity index (χ4n) is 2.87. The van der Waals surface area contributed by atoms with Crippen LogP contribution in [-0.2, 0) is 4.79 Å². The van der Waals surface area contributed by atoms with Crippen molar-refractivity contribution in [3.05, 3.63) is 65.7 Å². The molecule has 0 saturated carbocycles. The number of carbonyl (C=O) groups is 2. The highest BCUT2D eigenvalue weighted by Gasteiger charge is 2.28. The number of carbonyl (C=O) groups excluding carboxylic acids is 2. The van der Waals surface area contributed by atoms with E-state index in [-0.39, 0.29) is 22.2 Å². The van der Waals surface area contributed by atoms with E-state index in [1.54, 1.807) is 12.1 Å². The van der Waals surface area contributed by atoms with E-state index in [1.807, 2.05) is 42.5 Å². The Hall–Kier alpha value is -1.87. The van der Waals surface area contributed by atoms with E-state index in [0.29, 0.717) is 17.0 Å². The molecule has 26 heavy (non-hydrogen) atoms. The third-order valence-electron chi connectivity index (χ3n) is 4.31. The van der Waals surface area contributed by atoms with Crippen molar-refractivity contribution in [3.63, 3.8) is 0 Å². The molecule has 1 unspecified atom stereocenters. The van der Waals surface area contributed by atoms with E-state index in [4.69, 9.17) is 0 Å². The van der Waals surface area contributed by atoms with Gasteiger partial charge < -0.3 is 0 Å². The van der Waals surface area contributed by atoms with Crippen molar-refractivity contribution in [1.82, 2.24) is 0 Å². The Kier molecular flexibility index (Phi) is 6.82. The summed E-state index contributed by atoms with van der Waals surface area (Å²) in [6, 6.07) is 16.6. The summed E-state index contributed by atoms with van der Waals surface area (Å²) in [5, 5.41) is 0.206. The molecule has 3 heteroatoms. The van der Waals surface area contributed by atoms with E-state index >= 15 is 0 Å². The molecule has 0 heterocycles. The molecule has 2 aromatic carbocycles. The maximum Gasteiger partial charge on any atom is 0.197 e. The van der Waals surface area contributed by atoms with Gasteiger partial charge in [-0.3, -0.25) is 9.59 Å². The van der Waals surface area contributed by atoms with E-state index in [0.717, 1.165) is 11.3 Å². The first-order valence-electron chi connectivity index (χ1n) is 9.09. The van der Waals surface area contributed by atoms with E-state index in [1.165, 1.54) is 11.8 Å². The van der Waals surface area contributed by atoms with Gasteiger partial charge in [0.15, 0.2) is 10.9 Å². The maximum absolute atomic E-state index is 12.8. The highest BCUT2D eigenvalue weighted by Crippen LogP contribution is 2.34. The average Bonchev–Trinajstić information content (AvgIpc) is 2.59. The first-order chi connectivity index (χ1) is 12.2. The largest absolute Gasteiger partial charge is 0.289 e. The van der Waals surface area contributed by atoms with Crippen LogP contribution in [0.1, 0.15) is 57.0 Å². The van der Waals surface area contributed by atoms with Crippen molar-refractivity contribution >= 4 is 22.7 Å². The summed E-state index contributed by atoms with van der Waals surface area (Å²) in [7, 11) is 0. The molecular weight excluding hydrogens is 340 g/mol. The zero-order chi connectivity index (χ0) is 19.3. The van der Waals surface area contributed by atoms with Crippen LogP contribution in [0.15, 0.2) is 59.5 Å². The van der Waals surface area contributed by atoms with Gasteiger partial charge in [-0.25, -0.2) is 0 Å². The molecule has 138 valence electrons. The fraction of sp³-hybridized carbons (Fsp3) is 0.391. The number of hydrogen-bond donors (Lipinski definition) is 0. The first-order valence-corrected chi connectivity index (χ1v) is 9.90. The predicted molar refractivity (Wildman–Crippen MR) is 110 cm³/mol. The number of ketones is 1. The summed E-state index contributed by atoms with van der Waals surface area (Å²) >= 11 is 1.29. The standard InChI is InChI=1S/C23H28O2S/c1-16(2)20(15-23(3,4)5)22(25)26-19-13-11-18(12-14-19)21(24)17-9-7-6-8-10-17/h6-14,16,20H,15H2,1-5H3. The van der Waals surface area contributed by atoms with Crippen molar-refractivity contribution in [2.45, 2.75) is 45.9 Å². The molecule has 0 spiro atoms. The van der Waals surface area contributed by atoms with Gasteiger partial charge in [0.1, 0.15) is 0 Å². The molecular formula is C23H28O2S. The predicted octanol–water partition coefficient (Wildman–Crippen LogP) is 6.24. The molecule has 2 rings (SSSR count). The zero-order valence-corrected chi connectivity index (χ0v) is 17.1. The summed E-state index contributed by atoms with van der Waals surface area (Å²) < 4.78 is 0. The second-order valence-corrected chi connectivity index (χ2v) is 9.33. The quantitative estimate of drug-likeness (QED) is 0.447. The van der Waals surface area contributed by atoms with Crippen LogP contribution in [0.3, 0.4) is 0 Å². The lowest BCUT2D eigenvalue weighted by Crippen LogP contribution is -2.23. The van der Waals surface area contributed by atoms with Gasteiger partial charge in [-0.1, -0.05) is 76.7 Å². The van der Waals surface area contributed by atoms with Crippen molar-refractivity contribution < 1.29 is 9.59 Å². The lowest BCUT2D eigenvalue weighted by atomic mass is 9.80. The highest BCUT2D eigenvalue weighted by molar-refractivity contribution is 8.13. The second-order valence-electron chi connectivity index (χ2n) is 8.26. The van der Waals surface area contributed by atoms with E-state index < -0.39 is 0 Å². The minimum atomic E-state index is 0.00117. The van der Waals surface area contributed by atoms with Crippen molar-refractivity contribution in [3.8, 4) is 0 Å². The Morgan fingerprint density at radius 2 is 1.42 bits per heavy atom. The van der Waals surface area contributed by atoms with Crippen LogP contribution < -0.4 is 0 Å². The van der Waals surface area contributed by atoms with Crippen LogP contribution in [0.2, 0.25) is 0 Å². The molecule has 0 fully saturated rings. The summed E-state index contributed by atoms with van der Waals surface area (Å²) in [5.41, 5.74) is 1.44. The van der Waals surface area contributed by atoms with Crippen LogP contribution in [0.4, 0.5) is 0 Å². The van der Waals surface area contributed by atoms with Crippen LogP contribution >= 0.6 is 11.8 Å². The van der Waals surface area contributed by atoms with Crippen molar-refractivity contribution in [2.24, 2.45) is 17.3 Å². The SMILES string of the molecule is CC(C)C(CC(C)(C)C)C(=O)Sc1ccc(C(=O)c2ccccc2)cc1. The molecule has 0 aliphatic carbocycles. The van der Waals surface area contributed by atoms with E-state index in [9.17, 15) is 9.59 Å². The number of benzene rings is 2. The van der Waals surface area contributed by atoms with Crippen molar-refractivity contribution in [2.75, 3.05) is 0 Å². The first kappa shape index (κ1) is 20.4. The van der Waals surface area contributed by atoms with Crippen molar-refractivity contribution in [1.29, 1.82) is 0 Å². The topological polar surface area (TPSA) is 34.1 Å². The Balaban J connectivity index is 2.08. The van der Waals surface area contributed by atoms with Gasteiger partial charge in [-0.15, -0.1) is 0 Å². The average molecular weight is 369 g/mol. The smallest absolute Gasteiger partial charge is 0.197 e. The molecule has 0 bridgehead atoms. The monoisotopic (exact) mass is 368 g/mol. The van der Waals surface area contributed by atoms with Crippen LogP contribution in [0.25, 0.3) is 0 Å². The number of rotatable bonds is 6. The Morgan fingerprint density at radius 3 is 1.92 bits per heavy atom. The molecule has 2 aromatic rings. The number of thioether (sulfide) groups is 1. The lowest BCUT2D eigenvalue weighted by Gasteiger charge is -2.27. The zero-order valence-electron chi connectivity index (χ0n) is 16.3. The highest BCUT2D eigenvalue weighted by atomic mass is 32.2. The maximum atomic E-state index is 12.8. The Labute approximate surface area is 161 Å². The van der Waals surface area contributed by atoms with Crippen LogP contribution in [0.5, 0.6) is 0 Å². The van der Waals surface area contributed by atoms with Gasteiger partial charge in [-0.05, 0) is 42.0 Å². The fourth-order valence-corrected chi connectivity index (χ4v) is 3.88. The molecule has 0 amide bonds. The molecule has 0 saturated heterocycles. The lowest BCUT2D eigenvalue weighted by molar-refractivity contribution is -0.116. The van der Waals surface area contributed by atoms with Gasteiger partial charge in [0.25, 0.3) is 0 Å². The minimum Gasteiger partial charge on any atom is -0.289 e. The van der Waals surface area contributed by atoms with Gasteiger partial charge in [0.05, 0.1) is 0 Å². The van der Waals surface area contributed by atoms with Gasteiger partial charge in [0.2, 0.25) is 0 Å². The molecule has 0 aliphatic heterocycles. The second kappa shape index (κ2) is 8.68. The van der Waals surface area contributed by atoms with Gasteiger partial charge in [0, 0.05) is 21.9 Å². The van der Waals surface area contributed by atoms with Gasteiger partial charge in [-0.2, -0.15) is 0 Å². The molecule has 0 aromatic heterocycles.